The van der Waals surface area contributed by atoms with Gasteiger partial charge < -0.3 is 9.47 Å². The van der Waals surface area contributed by atoms with Gasteiger partial charge in [-0.05, 0) is 32.8 Å². The van der Waals surface area contributed by atoms with E-state index in [1.165, 1.54) is 6.07 Å². The lowest BCUT2D eigenvalue weighted by molar-refractivity contribution is 0.0496. The second-order valence-electron chi connectivity index (χ2n) is 5.23. The van der Waals surface area contributed by atoms with Crippen LogP contribution in [-0.4, -0.2) is 30.1 Å². The first-order valence-corrected chi connectivity index (χ1v) is 7.83. The molecule has 0 aliphatic carbocycles. The standard InChI is InChI=1S/C17H25NO4/c1-5-7-9-21-16(19)14-11-15(13(4)18-12(14)3)17(20)22-10-8-6-2/h11H,5-10H2,1-4H3. The fourth-order valence-corrected chi connectivity index (χ4v) is 1.91. The highest BCUT2D eigenvalue weighted by molar-refractivity contribution is 5.96. The predicted octanol–water partition coefficient (Wildman–Crippen LogP) is 3.61. The first-order chi connectivity index (χ1) is 10.5. The third-order valence-electron chi connectivity index (χ3n) is 3.31. The van der Waals surface area contributed by atoms with Crippen LogP contribution in [0.4, 0.5) is 0 Å². The molecule has 0 N–H and O–H groups in total. The Balaban J connectivity index is 2.89. The smallest absolute Gasteiger partial charge is 0.340 e. The lowest BCUT2D eigenvalue weighted by Gasteiger charge is -2.11. The summed E-state index contributed by atoms with van der Waals surface area (Å²) in [7, 11) is 0. The summed E-state index contributed by atoms with van der Waals surface area (Å²) in [5.74, 6) is -0.887. The van der Waals surface area contributed by atoms with E-state index in [0.717, 1.165) is 25.7 Å². The summed E-state index contributed by atoms with van der Waals surface area (Å²) in [5, 5.41) is 0. The highest BCUT2D eigenvalue weighted by Crippen LogP contribution is 2.15. The molecule has 0 saturated carbocycles. The summed E-state index contributed by atoms with van der Waals surface area (Å²) in [6.07, 6.45) is 3.53. The molecule has 0 bridgehead atoms. The summed E-state index contributed by atoms with van der Waals surface area (Å²) in [6, 6.07) is 1.53. The number of nitrogens with zero attached hydrogens (tertiary/aromatic N) is 1. The molecule has 0 aliphatic heterocycles. The van der Waals surface area contributed by atoms with Gasteiger partial charge in [-0.2, -0.15) is 0 Å². The molecule has 0 fully saturated rings. The van der Waals surface area contributed by atoms with Gasteiger partial charge in [0.05, 0.1) is 35.7 Å². The lowest BCUT2D eigenvalue weighted by Crippen LogP contribution is -2.15. The van der Waals surface area contributed by atoms with E-state index in [-0.39, 0.29) is 0 Å². The summed E-state index contributed by atoms with van der Waals surface area (Å²) in [5.41, 5.74) is 1.77. The largest absolute Gasteiger partial charge is 0.462 e. The van der Waals surface area contributed by atoms with Crippen molar-refractivity contribution in [1.82, 2.24) is 4.98 Å². The van der Waals surface area contributed by atoms with E-state index in [4.69, 9.17) is 9.47 Å². The van der Waals surface area contributed by atoms with Crippen LogP contribution in [0.5, 0.6) is 0 Å². The molecule has 5 heteroatoms. The SMILES string of the molecule is CCCCOC(=O)c1cc(C(=O)OCCCC)c(C)nc1C. The van der Waals surface area contributed by atoms with Crippen molar-refractivity contribution in [2.75, 3.05) is 13.2 Å². The van der Waals surface area contributed by atoms with E-state index in [1.54, 1.807) is 13.8 Å². The average molecular weight is 307 g/mol. The van der Waals surface area contributed by atoms with Crippen LogP contribution >= 0.6 is 0 Å². The van der Waals surface area contributed by atoms with Gasteiger partial charge in [-0.3, -0.25) is 4.98 Å². The first kappa shape index (κ1) is 18.1. The Kier molecular flexibility index (Phi) is 7.57. The van der Waals surface area contributed by atoms with E-state index in [0.29, 0.717) is 35.7 Å². The minimum atomic E-state index is -0.443. The van der Waals surface area contributed by atoms with Crippen molar-refractivity contribution in [2.45, 2.75) is 53.4 Å². The van der Waals surface area contributed by atoms with Gasteiger partial charge in [-0.1, -0.05) is 26.7 Å². The molecule has 22 heavy (non-hydrogen) atoms. The monoisotopic (exact) mass is 307 g/mol. The molecule has 1 heterocycles. The van der Waals surface area contributed by atoms with E-state index >= 15 is 0 Å². The summed E-state index contributed by atoms with van der Waals surface area (Å²) < 4.78 is 10.4. The Labute approximate surface area is 132 Å². The molecule has 122 valence electrons. The molecule has 0 saturated heterocycles. The second-order valence-corrected chi connectivity index (χ2v) is 5.23. The molecule has 0 radical (unpaired) electrons. The van der Waals surface area contributed by atoms with Crippen LogP contribution in [0.3, 0.4) is 0 Å². The fourth-order valence-electron chi connectivity index (χ4n) is 1.91. The topological polar surface area (TPSA) is 65.5 Å². The van der Waals surface area contributed by atoms with Crippen LogP contribution in [-0.2, 0) is 9.47 Å². The van der Waals surface area contributed by atoms with Gasteiger partial charge in [0.1, 0.15) is 0 Å². The fraction of sp³-hybridized carbons (Fsp3) is 0.588. The van der Waals surface area contributed by atoms with Gasteiger partial charge in [0, 0.05) is 0 Å². The van der Waals surface area contributed by atoms with Crippen LogP contribution in [0.1, 0.15) is 71.6 Å². The van der Waals surface area contributed by atoms with Gasteiger partial charge in [-0.25, -0.2) is 9.59 Å². The van der Waals surface area contributed by atoms with Crippen molar-refractivity contribution >= 4 is 11.9 Å². The van der Waals surface area contributed by atoms with Crippen LogP contribution in [0.2, 0.25) is 0 Å². The Morgan fingerprint density at radius 1 is 0.909 bits per heavy atom. The lowest BCUT2D eigenvalue weighted by atomic mass is 10.1. The van der Waals surface area contributed by atoms with Crippen molar-refractivity contribution in [2.24, 2.45) is 0 Å². The molecule has 0 amide bonds. The maximum atomic E-state index is 12.1. The molecule has 0 atom stereocenters. The van der Waals surface area contributed by atoms with E-state index < -0.39 is 11.9 Å². The van der Waals surface area contributed by atoms with Crippen LogP contribution in [0.15, 0.2) is 6.07 Å². The summed E-state index contributed by atoms with van der Waals surface area (Å²) in [4.78, 5) is 28.4. The molecule has 5 nitrogen and oxygen atoms in total. The van der Waals surface area contributed by atoms with Gasteiger partial charge >= 0.3 is 11.9 Å². The summed E-state index contributed by atoms with van der Waals surface area (Å²) >= 11 is 0. The number of aryl methyl sites for hydroxylation is 2. The number of carbonyl (C=O) groups is 2. The maximum absolute atomic E-state index is 12.1. The normalized spacial score (nSPS) is 10.4. The van der Waals surface area contributed by atoms with Crippen LogP contribution in [0, 0.1) is 13.8 Å². The molecule has 0 spiro atoms. The van der Waals surface area contributed by atoms with E-state index in [1.807, 2.05) is 13.8 Å². The number of pyridine rings is 1. The van der Waals surface area contributed by atoms with Crippen molar-refractivity contribution in [3.8, 4) is 0 Å². The predicted molar refractivity (Wildman–Crippen MR) is 84.1 cm³/mol. The molecule has 0 aliphatic rings. The van der Waals surface area contributed by atoms with E-state index in [2.05, 4.69) is 4.98 Å². The number of unbranched alkanes of at least 4 members (excludes halogenated alkanes) is 2. The zero-order valence-electron chi connectivity index (χ0n) is 13.9. The molecule has 1 rings (SSSR count). The van der Waals surface area contributed by atoms with Crippen molar-refractivity contribution in [1.29, 1.82) is 0 Å². The van der Waals surface area contributed by atoms with Gasteiger partial charge in [0.2, 0.25) is 0 Å². The minimum Gasteiger partial charge on any atom is -0.462 e. The van der Waals surface area contributed by atoms with Crippen molar-refractivity contribution in [3.63, 3.8) is 0 Å². The van der Waals surface area contributed by atoms with E-state index in [9.17, 15) is 9.59 Å². The van der Waals surface area contributed by atoms with Gasteiger partial charge in [-0.15, -0.1) is 0 Å². The third-order valence-corrected chi connectivity index (χ3v) is 3.31. The number of esters is 2. The third kappa shape index (κ3) is 5.13. The highest BCUT2D eigenvalue weighted by atomic mass is 16.5. The van der Waals surface area contributed by atoms with Crippen molar-refractivity contribution in [3.05, 3.63) is 28.6 Å². The Morgan fingerprint density at radius 2 is 1.32 bits per heavy atom. The number of ether oxygens (including phenoxy) is 2. The average Bonchev–Trinajstić information content (AvgIpc) is 2.47. The molecule has 1 aromatic heterocycles. The zero-order chi connectivity index (χ0) is 16.5. The number of hydrogen-bond donors (Lipinski definition) is 0. The van der Waals surface area contributed by atoms with Crippen molar-refractivity contribution < 1.29 is 19.1 Å². The first-order valence-electron chi connectivity index (χ1n) is 7.83. The number of rotatable bonds is 8. The Hall–Kier alpha value is -1.91. The Bertz CT molecular complexity index is 482. The number of aromatic nitrogens is 1. The quantitative estimate of drug-likeness (QED) is 0.542. The minimum absolute atomic E-state index is 0.323. The maximum Gasteiger partial charge on any atom is 0.340 e. The highest BCUT2D eigenvalue weighted by Gasteiger charge is 2.19. The van der Waals surface area contributed by atoms with Gasteiger partial charge in [0.25, 0.3) is 0 Å². The molecule has 1 aromatic rings. The van der Waals surface area contributed by atoms with Crippen LogP contribution in [0.25, 0.3) is 0 Å². The summed E-state index contributed by atoms with van der Waals surface area (Å²) in [6.45, 7) is 8.26. The van der Waals surface area contributed by atoms with Crippen LogP contribution < -0.4 is 0 Å². The molecule has 0 unspecified atom stereocenters. The molecule has 0 aromatic carbocycles. The number of hydrogen-bond acceptors (Lipinski definition) is 5. The zero-order valence-corrected chi connectivity index (χ0v) is 13.9. The molecular formula is C17H25NO4. The number of carbonyl (C=O) groups excluding carboxylic acids is 2. The Morgan fingerprint density at radius 3 is 1.68 bits per heavy atom. The molecular weight excluding hydrogens is 282 g/mol. The van der Waals surface area contributed by atoms with Gasteiger partial charge in [0.15, 0.2) is 0 Å². The second kappa shape index (κ2) is 9.18.